The standard InChI is InChI=1S/C12H17NO3/c1-8(2-3-13)9-6-11-12(7-10(9)14)16-5-4-15-11/h6-8,14H,2-5,13H2,1H3. The first kappa shape index (κ1) is 11.1. The van der Waals surface area contributed by atoms with Crippen molar-refractivity contribution in [1.29, 1.82) is 0 Å². The van der Waals surface area contributed by atoms with E-state index in [1.807, 2.05) is 13.0 Å². The van der Waals surface area contributed by atoms with Crippen LogP contribution in [-0.4, -0.2) is 24.9 Å². The lowest BCUT2D eigenvalue weighted by molar-refractivity contribution is 0.170. The molecule has 0 radical (unpaired) electrons. The number of aromatic hydroxyl groups is 1. The third kappa shape index (κ3) is 2.07. The molecule has 4 heteroatoms. The van der Waals surface area contributed by atoms with E-state index in [1.165, 1.54) is 0 Å². The van der Waals surface area contributed by atoms with Crippen molar-refractivity contribution in [2.24, 2.45) is 5.73 Å². The SMILES string of the molecule is CC(CCN)c1cc2c(cc1O)OCCO2. The van der Waals surface area contributed by atoms with E-state index >= 15 is 0 Å². The van der Waals surface area contributed by atoms with Crippen molar-refractivity contribution in [3.63, 3.8) is 0 Å². The summed E-state index contributed by atoms with van der Waals surface area (Å²) in [6, 6.07) is 3.47. The van der Waals surface area contributed by atoms with Crippen molar-refractivity contribution in [3.8, 4) is 17.2 Å². The molecule has 88 valence electrons. The number of hydrogen-bond acceptors (Lipinski definition) is 4. The molecule has 1 heterocycles. The topological polar surface area (TPSA) is 64.7 Å². The maximum Gasteiger partial charge on any atom is 0.165 e. The molecule has 3 N–H and O–H groups in total. The van der Waals surface area contributed by atoms with Gasteiger partial charge in [-0.3, -0.25) is 0 Å². The molecule has 0 bridgehead atoms. The average molecular weight is 223 g/mol. The third-order valence-electron chi connectivity index (χ3n) is 2.82. The monoisotopic (exact) mass is 223 g/mol. The number of ether oxygens (including phenoxy) is 2. The van der Waals surface area contributed by atoms with Gasteiger partial charge in [-0.15, -0.1) is 0 Å². The summed E-state index contributed by atoms with van der Waals surface area (Å²) in [6.07, 6.45) is 0.840. The van der Waals surface area contributed by atoms with Crippen LogP contribution in [0.25, 0.3) is 0 Å². The molecule has 0 fully saturated rings. The van der Waals surface area contributed by atoms with Crippen LogP contribution >= 0.6 is 0 Å². The Morgan fingerprint density at radius 1 is 1.31 bits per heavy atom. The number of fused-ring (bicyclic) bond motifs is 1. The Bertz CT molecular complexity index is 379. The zero-order chi connectivity index (χ0) is 11.5. The highest BCUT2D eigenvalue weighted by Gasteiger charge is 2.18. The summed E-state index contributed by atoms with van der Waals surface area (Å²) in [7, 11) is 0. The average Bonchev–Trinajstić information content (AvgIpc) is 2.28. The fourth-order valence-corrected chi connectivity index (χ4v) is 1.89. The summed E-state index contributed by atoms with van der Waals surface area (Å²) in [4.78, 5) is 0. The molecule has 1 aliphatic heterocycles. The van der Waals surface area contributed by atoms with E-state index in [4.69, 9.17) is 15.2 Å². The van der Waals surface area contributed by atoms with Gasteiger partial charge >= 0.3 is 0 Å². The second-order valence-corrected chi connectivity index (χ2v) is 4.03. The van der Waals surface area contributed by atoms with Gasteiger partial charge in [-0.1, -0.05) is 6.92 Å². The minimum Gasteiger partial charge on any atom is -0.508 e. The lowest BCUT2D eigenvalue weighted by Gasteiger charge is -2.21. The van der Waals surface area contributed by atoms with Crippen LogP contribution in [0.4, 0.5) is 0 Å². The number of phenolic OH excluding ortho intramolecular Hbond substituents is 1. The van der Waals surface area contributed by atoms with Gasteiger partial charge in [-0.2, -0.15) is 0 Å². The molecule has 0 saturated carbocycles. The normalized spacial score (nSPS) is 15.9. The minimum absolute atomic E-state index is 0.223. The molecule has 0 spiro atoms. The van der Waals surface area contributed by atoms with Crippen LogP contribution in [0.15, 0.2) is 12.1 Å². The molecule has 1 atom stereocenters. The van der Waals surface area contributed by atoms with Crippen LogP contribution in [0.3, 0.4) is 0 Å². The molecule has 16 heavy (non-hydrogen) atoms. The Morgan fingerprint density at radius 3 is 2.56 bits per heavy atom. The molecule has 1 aromatic carbocycles. The Labute approximate surface area is 95.0 Å². The van der Waals surface area contributed by atoms with Crippen LogP contribution < -0.4 is 15.2 Å². The molecule has 0 saturated heterocycles. The van der Waals surface area contributed by atoms with Crippen LogP contribution in [0.2, 0.25) is 0 Å². The van der Waals surface area contributed by atoms with E-state index in [-0.39, 0.29) is 11.7 Å². The quantitative estimate of drug-likeness (QED) is 0.817. The van der Waals surface area contributed by atoms with Crippen molar-refractivity contribution >= 4 is 0 Å². The lowest BCUT2D eigenvalue weighted by atomic mass is 9.96. The molecule has 0 aromatic heterocycles. The highest BCUT2D eigenvalue weighted by atomic mass is 16.6. The molecule has 1 unspecified atom stereocenters. The van der Waals surface area contributed by atoms with Crippen molar-refractivity contribution < 1.29 is 14.6 Å². The Balaban J connectivity index is 2.31. The van der Waals surface area contributed by atoms with Crippen LogP contribution in [-0.2, 0) is 0 Å². The predicted molar refractivity (Wildman–Crippen MR) is 61.2 cm³/mol. The van der Waals surface area contributed by atoms with Gasteiger partial charge in [0.15, 0.2) is 11.5 Å². The van der Waals surface area contributed by atoms with Crippen molar-refractivity contribution in [3.05, 3.63) is 17.7 Å². The fraction of sp³-hybridized carbons (Fsp3) is 0.500. The van der Waals surface area contributed by atoms with Gasteiger partial charge in [-0.25, -0.2) is 0 Å². The van der Waals surface area contributed by atoms with Gasteiger partial charge in [0.2, 0.25) is 0 Å². The van der Waals surface area contributed by atoms with E-state index < -0.39 is 0 Å². The second kappa shape index (κ2) is 4.61. The number of benzene rings is 1. The Kier molecular flexibility index (Phi) is 3.19. The molecule has 4 nitrogen and oxygen atoms in total. The smallest absolute Gasteiger partial charge is 0.165 e. The second-order valence-electron chi connectivity index (χ2n) is 4.03. The summed E-state index contributed by atoms with van der Waals surface area (Å²) in [5.41, 5.74) is 6.39. The maximum atomic E-state index is 9.89. The molecule has 2 rings (SSSR count). The van der Waals surface area contributed by atoms with Gasteiger partial charge in [0.1, 0.15) is 19.0 Å². The predicted octanol–water partition coefficient (Wildman–Crippen LogP) is 1.62. The van der Waals surface area contributed by atoms with E-state index in [9.17, 15) is 5.11 Å². The van der Waals surface area contributed by atoms with Gasteiger partial charge in [0, 0.05) is 11.6 Å². The van der Waals surface area contributed by atoms with Crippen LogP contribution in [0.5, 0.6) is 17.2 Å². The molecule has 0 aliphatic carbocycles. The Hall–Kier alpha value is -1.42. The number of phenols is 1. The van der Waals surface area contributed by atoms with Gasteiger partial charge in [0.05, 0.1) is 0 Å². The first-order valence-electron chi connectivity index (χ1n) is 5.55. The van der Waals surface area contributed by atoms with Crippen LogP contribution in [0.1, 0.15) is 24.8 Å². The molecular weight excluding hydrogens is 206 g/mol. The number of rotatable bonds is 3. The highest BCUT2D eigenvalue weighted by Crippen LogP contribution is 2.39. The zero-order valence-corrected chi connectivity index (χ0v) is 9.40. The Morgan fingerprint density at radius 2 is 1.94 bits per heavy atom. The first-order chi connectivity index (χ1) is 7.72. The summed E-state index contributed by atoms with van der Waals surface area (Å²) in [5, 5.41) is 9.89. The highest BCUT2D eigenvalue weighted by molar-refractivity contribution is 5.51. The van der Waals surface area contributed by atoms with Crippen molar-refractivity contribution in [1.82, 2.24) is 0 Å². The summed E-state index contributed by atoms with van der Waals surface area (Å²) in [6.45, 7) is 3.74. The van der Waals surface area contributed by atoms with Gasteiger partial charge < -0.3 is 20.3 Å². The summed E-state index contributed by atoms with van der Waals surface area (Å²) >= 11 is 0. The van der Waals surface area contributed by atoms with Crippen molar-refractivity contribution in [2.45, 2.75) is 19.3 Å². The number of nitrogens with two attached hydrogens (primary N) is 1. The lowest BCUT2D eigenvalue weighted by Crippen LogP contribution is -2.15. The van der Waals surface area contributed by atoms with E-state index in [1.54, 1.807) is 6.07 Å². The third-order valence-corrected chi connectivity index (χ3v) is 2.82. The zero-order valence-electron chi connectivity index (χ0n) is 9.40. The first-order valence-corrected chi connectivity index (χ1v) is 5.55. The molecule has 1 aromatic rings. The molecular formula is C12H17NO3. The van der Waals surface area contributed by atoms with Crippen LogP contribution in [0, 0.1) is 0 Å². The number of hydrogen-bond donors (Lipinski definition) is 2. The minimum atomic E-state index is 0.223. The van der Waals surface area contributed by atoms with E-state index in [0.717, 1.165) is 12.0 Å². The maximum absolute atomic E-state index is 9.89. The van der Waals surface area contributed by atoms with Gasteiger partial charge in [0.25, 0.3) is 0 Å². The van der Waals surface area contributed by atoms with Gasteiger partial charge in [-0.05, 0) is 24.9 Å². The van der Waals surface area contributed by atoms with E-state index in [2.05, 4.69) is 0 Å². The molecule has 1 aliphatic rings. The fourth-order valence-electron chi connectivity index (χ4n) is 1.89. The summed E-state index contributed by atoms with van der Waals surface area (Å²) in [5.74, 6) is 1.81. The van der Waals surface area contributed by atoms with Crippen molar-refractivity contribution in [2.75, 3.05) is 19.8 Å². The van der Waals surface area contributed by atoms with E-state index in [0.29, 0.717) is 31.3 Å². The summed E-state index contributed by atoms with van der Waals surface area (Å²) < 4.78 is 10.9. The largest absolute Gasteiger partial charge is 0.508 e. The molecule has 0 amide bonds.